The highest BCUT2D eigenvalue weighted by Gasteiger charge is 2.18. The van der Waals surface area contributed by atoms with E-state index in [4.69, 9.17) is 18.6 Å². The summed E-state index contributed by atoms with van der Waals surface area (Å²) < 4.78 is 35.3. The van der Waals surface area contributed by atoms with E-state index in [0.29, 0.717) is 43.6 Å². The first-order valence-electron chi connectivity index (χ1n) is 11.8. The van der Waals surface area contributed by atoms with E-state index in [0.717, 1.165) is 22.4 Å². The number of hydrogen-bond donors (Lipinski definition) is 1. The highest BCUT2D eigenvalue weighted by molar-refractivity contribution is 5.91. The Morgan fingerprint density at radius 2 is 1.78 bits per heavy atom. The third-order valence-corrected chi connectivity index (χ3v) is 5.94. The number of aromatic nitrogens is 1. The predicted octanol–water partition coefficient (Wildman–Crippen LogP) is 4.68. The molecule has 0 bridgehead atoms. The van der Waals surface area contributed by atoms with Crippen molar-refractivity contribution < 1.29 is 27.8 Å². The maximum absolute atomic E-state index is 13.4. The van der Waals surface area contributed by atoms with Crippen molar-refractivity contribution in [3.8, 4) is 17.2 Å². The molecule has 0 atom stereocenters. The number of para-hydroxylation sites is 1. The summed E-state index contributed by atoms with van der Waals surface area (Å²) in [5.74, 6) is 1.88. The van der Waals surface area contributed by atoms with Gasteiger partial charge in [0.25, 0.3) is 5.91 Å². The number of rotatable bonds is 10. The molecule has 1 amide bonds. The van der Waals surface area contributed by atoms with Crippen molar-refractivity contribution in [2.45, 2.75) is 26.2 Å². The van der Waals surface area contributed by atoms with Gasteiger partial charge in [0.15, 0.2) is 17.2 Å². The van der Waals surface area contributed by atoms with E-state index in [1.807, 2.05) is 42.5 Å². The number of carbonyl (C=O) groups is 1. The molecule has 8 nitrogen and oxygen atoms in total. The van der Waals surface area contributed by atoms with Gasteiger partial charge in [0, 0.05) is 25.2 Å². The minimum Gasteiger partial charge on any atom is -0.496 e. The number of amides is 1. The lowest BCUT2D eigenvalue weighted by Gasteiger charge is -2.22. The minimum absolute atomic E-state index is 0.190. The second kappa shape index (κ2) is 11.1. The molecule has 0 spiro atoms. The molecule has 0 aliphatic carbocycles. The Kier molecular flexibility index (Phi) is 7.32. The Labute approximate surface area is 213 Å². The molecule has 1 N–H and O–H groups in total. The van der Waals surface area contributed by atoms with Crippen LogP contribution in [-0.4, -0.2) is 29.7 Å². The predicted molar refractivity (Wildman–Crippen MR) is 133 cm³/mol. The fourth-order valence-electron chi connectivity index (χ4n) is 4.09. The van der Waals surface area contributed by atoms with Crippen LogP contribution in [0.2, 0.25) is 0 Å². The molecule has 0 saturated carbocycles. The third-order valence-electron chi connectivity index (χ3n) is 5.94. The number of hydrogen-bond acceptors (Lipinski definition) is 7. The standard InChI is InChI=1S/C28H26FN3O5/c1-34-24-5-3-2-4-21(24)15-32(14-19-6-9-22(29)10-7-19)16-27-31-23(17-35-27)28(33)30-13-20-8-11-25-26(12-20)37-18-36-25/h2-12,17H,13-16,18H2,1H3,(H,30,33). The molecule has 4 aromatic rings. The lowest BCUT2D eigenvalue weighted by molar-refractivity contribution is 0.0945. The number of benzene rings is 3. The van der Waals surface area contributed by atoms with Gasteiger partial charge in [-0.2, -0.15) is 0 Å². The molecular weight excluding hydrogens is 477 g/mol. The van der Waals surface area contributed by atoms with Crippen molar-refractivity contribution >= 4 is 5.91 Å². The van der Waals surface area contributed by atoms with Gasteiger partial charge in [-0.1, -0.05) is 36.4 Å². The minimum atomic E-state index is -0.345. The number of fused-ring (bicyclic) bond motifs is 1. The second-order valence-corrected chi connectivity index (χ2v) is 8.58. The van der Waals surface area contributed by atoms with Gasteiger partial charge in [0.1, 0.15) is 17.8 Å². The molecule has 0 unspecified atom stereocenters. The maximum atomic E-state index is 13.4. The summed E-state index contributed by atoms with van der Waals surface area (Å²) >= 11 is 0. The van der Waals surface area contributed by atoms with Gasteiger partial charge in [-0.25, -0.2) is 9.37 Å². The first-order valence-corrected chi connectivity index (χ1v) is 11.8. The van der Waals surface area contributed by atoms with Crippen LogP contribution in [0.25, 0.3) is 0 Å². The van der Waals surface area contributed by atoms with Gasteiger partial charge >= 0.3 is 0 Å². The molecule has 1 aliphatic rings. The van der Waals surface area contributed by atoms with Crippen LogP contribution in [0.3, 0.4) is 0 Å². The van der Waals surface area contributed by atoms with Crippen molar-refractivity contribution in [3.63, 3.8) is 0 Å². The first-order chi connectivity index (χ1) is 18.1. The average molecular weight is 504 g/mol. The Morgan fingerprint density at radius 3 is 2.62 bits per heavy atom. The van der Waals surface area contributed by atoms with E-state index in [-0.39, 0.29) is 24.2 Å². The molecule has 3 aromatic carbocycles. The Balaban J connectivity index is 1.26. The zero-order valence-corrected chi connectivity index (χ0v) is 20.3. The summed E-state index contributed by atoms with van der Waals surface area (Å²) in [5, 5.41) is 2.85. The molecular formula is C28H26FN3O5. The topological polar surface area (TPSA) is 86.1 Å². The van der Waals surface area contributed by atoms with Crippen LogP contribution in [0.15, 0.2) is 77.4 Å². The fourth-order valence-corrected chi connectivity index (χ4v) is 4.09. The summed E-state index contributed by atoms with van der Waals surface area (Å²) in [5.41, 5.74) is 2.99. The van der Waals surface area contributed by atoms with Crippen LogP contribution in [0.5, 0.6) is 17.2 Å². The highest BCUT2D eigenvalue weighted by atomic mass is 19.1. The maximum Gasteiger partial charge on any atom is 0.273 e. The van der Waals surface area contributed by atoms with Crippen LogP contribution in [0.4, 0.5) is 4.39 Å². The number of methoxy groups -OCH3 is 1. The van der Waals surface area contributed by atoms with Crippen molar-refractivity contribution in [1.29, 1.82) is 0 Å². The van der Waals surface area contributed by atoms with Crippen LogP contribution in [0.1, 0.15) is 33.1 Å². The van der Waals surface area contributed by atoms with E-state index in [2.05, 4.69) is 15.2 Å². The normalized spacial score (nSPS) is 12.1. The fraction of sp³-hybridized carbons (Fsp3) is 0.214. The molecule has 37 heavy (non-hydrogen) atoms. The van der Waals surface area contributed by atoms with E-state index >= 15 is 0 Å². The Bertz CT molecular complexity index is 1370. The van der Waals surface area contributed by atoms with Gasteiger partial charge in [0.2, 0.25) is 12.7 Å². The summed E-state index contributed by atoms with van der Waals surface area (Å²) in [7, 11) is 1.63. The quantitative estimate of drug-likeness (QED) is 0.336. The molecule has 1 aromatic heterocycles. The smallest absolute Gasteiger partial charge is 0.273 e. The first kappa shape index (κ1) is 24.3. The number of ether oxygens (including phenoxy) is 3. The van der Waals surface area contributed by atoms with Gasteiger partial charge < -0.3 is 23.9 Å². The molecule has 2 heterocycles. The van der Waals surface area contributed by atoms with E-state index in [1.54, 1.807) is 19.2 Å². The van der Waals surface area contributed by atoms with Crippen LogP contribution < -0.4 is 19.5 Å². The molecule has 1 aliphatic heterocycles. The highest BCUT2D eigenvalue weighted by Crippen LogP contribution is 2.32. The molecule has 0 radical (unpaired) electrons. The van der Waals surface area contributed by atoms with Crippen molar-refractivity contribution in [2.75, 3.05) is 13.9 Å². The van der Waals surface area contributed by atoms with Gasteiger partial charge in [-0.15, -0.1) is 0 Å². The number of nitrogens with one attached hydrogen (secondary N) is 1. The zero-order valence-electron chi connectivity index (χ0n) is 20.3. The molecule has 5 rings (SSSR count). The van der Waals surface area contributed by atoms with Crippen LogP contribution in [-0.2, 0) is 26.2 Å². The molecule has 9 heteroatoms. The van der Waals surface area contributed by atoms with Gasteiger partial charge in [0.05, 0.1) is 13.7 Å². The van der Waals surface area contributed by atoms with Crippen molar-refractivity contribution in [2.24, 2.45) is 0 Å². The van der Waals surface area contributed by atoms with Crippen LogP contribution >= 0.6 is 0 Å². The number of oxazole rings is 1. The molecule has 190 valence electrons. The van der Waals surface area contributed by atoms with E-state index in [9.17, 15) is 9.18 Å². The van der Waals surface area contributed by atoms with Crippen LogP contribution in [0, 0.1) is 5.82 Å². The Hall–Kier alpha value is -4.37. The lowest BCUT2D eigenvalue weighted by atomic mass is 10.1. The Morgan fingerprint density at radius 1 is 1.00 bits per heavy atom. The third kappa shape index (κ3) is 6.07. The summed E-state index contributed by atoms with van der Waals surface area (Å²) in [6.07, 6.45) is 1.35. The van der Waals surface area contributed by atoms with E-state index in [1.165, 1.54) is 18.4 Å². The SMILES string of the molecule is COc1ccccc1CN(Cc1ccc(F)cc1)Cc1nc(C(=O)NCc2ccc3c(c2)OCO3)co1. The summed E-state index contributed by atoms with van der Waals surface area (Å²) in [6, 6.07) is 19.6. The number of nitrogens with zero attached hydrogens (tertiary/aromatic N) is 2. The molecule has 0 saturated heterocycles. The monoisotopic (exact) mass is 503 g/mol. The molecule has 0 fully saturated rings. The van der Waals surface area contributed by atoms with Crippen molar-refractivity contribution in [1.82, 2.24) is 15.2 Å². The second-order valence-electron chi connectivity index (χ2n) is 8.58. The summed E-state index contributed by atoms with van der Waals surface area (Å²) in [6.45, 7) is 1.90. The summed E-state index contributed by atoms with van der Waals surface area (Å²) in [4.78, 5) is 19.2. The van der Waals surface area contributed by atoms with Gasteiger partial charge in [-0.05, 0) is 41.5 Å². The van der Waals surface area contributed by atoms with E-state index < -0.39 is 0 Å². The van der Waals surface area contributed by atoms with Gasteiger partial charge in [-0.3, -0.25) is 9.69 Å². The average Bonchev–Trinajstić information content (AvgIpc) is 3.58. The largest absolute Gasteiger partial charge is 0.496 e. The lowest BCUT2D eigenvalue weighted by Crippen LogP contribution is -2.24. The van der Waals surface area contributed by atoms with Crippen molar-refractivity contribution in [3.05, 3.63) is 107 Å². The zero-order chi connectivity index (χ0) is 25.6. The number of halogens is 1. The number of carbonyl (C=O) groups excluding carboxylic acids is 1.